The van der Waals surface area contributed by atoms with Crippen LogP contribution in [0.1, 0.15) is 17.4 Å². The number of ether oxygens (including phenoxy) is 2. The molecule has 9 heteroatoms. The molecule has 0 unspecified atom stereocenters. The molecule has 0 N–H and O–H groups in total. The molecule has 9 nitrogen and oxygen atoms in total. The van der Waals surface area contributed by atoms with Crippen molar-refractivity contribution in [2.45, 2.75) is 6.92 Å². The number of methoxy groups -OCH3 is 1. The molecule has 0 radical (unpaired) electrons. The predicted molar refractivity (Wildman–Crippen MR) is 114 cm³/mol. The smallest absolute Gasteiger partial charge is 0.320 e. The van der Waals surface area contributed by atoms with Gasteiger partial charge in [-0.3, -0.25) is 19.5 Å². The lowest BCUT2D eigenvalue weighted by atomic mass is 10.1. The highest BCUT2D eigenvalue weighted by molar-refractivity contribution is 5.93. The molecule has 3 heterocycles. The Morgan fingerprint density at radius 3 is 2.52 bits per heavy atom. The Morgan fingerprint density at radius 1 is 1.10 bits per heavy atom. The molecule has 31 heavy (non-hydrogen) atoms. The lowest BCUT2D eigenvalue weighted by Gasteiger charge is -2.33. The average Bonchev–Trinajstić information content (AvgIpc) is 3.24. The molecule has 1 fully saturated rings. The van der Waals surface area contributed by atoms with E-state index in [9.17, 15) is 9.59 Å². The van der Waals surface area contributed by atoms with Gasteiger partial charge in [0.05, 0.1) is 20.3 Å². The summed E-state index contributed by atoms with van der Waals surface area (Å²) in [5.41, 5.74) is 2.59. The van der Waals surface area contributed by atoms with Gasteiger partial charge in [0.1, 0.15) is 17.1 Å². The van der Waals surface area contributed by atoms with Crippen molar-refractivity contribution in [1.29, 1.82) is 0 Å². The number of hydrogen-bond donors (Lipinski definition) is 0. The van der Waals surface area contributed by atoms with Crippen LogP contribution in [0.15, 0.2) is 42.9 Å². The number of carbonyl (C=O) groups is 2. The van der Waals surface area contributed by atoms with Crippen LogP contribution in [0.2, 0.25) is 0 Å². The minimum Gasteiger partial charge on any atom is -0.497 e. The molecule has 1 aromatic carbocycles. The zero-order chi connectivity index (χ0) is 21.8. The molecule has 0 bridgehead atoms. The summed E-state index contributed by atoms with van der Waals surface area (Å²) in [6.07, 6.45) is 5.21. The van der Waals surface area contributed by atoms with Crippen LogP contribution >= 0.6 is 0 Å². The van der Waals surface area contributed by atoms with Gasteiger partial charge in [0.25, 0.3) is 5.91 Å². The van der Waals surface area contributed by atoms with Gasteiger partial charge in [-0.05, 0) is 31.2 Å². The first kappa shape index (κ1) is 20.8. The summed E-state index contributed by atoms with van der Waals surface area (Å²) >= 11 is 0. The lowest BCUT2D eigenvalue weighted by molar-refractivity contribution is -0.144. The normalized spacial score (nSPS) is 14.6. The molecular formula is C22H25N5O4. The summed E-state index contributed by atoms with van der Waals surface area (Å²) in [6, 6.07) is 7.57. The summed E-state index contributed by atoms with van der Waals surface area (Å²) in [5.74, 6) is 0.401. The van der Waals surface area contributed by atoms with Gasteiger partial charge < -0.3 is 18.8 Å². The van der Waals surface area contributed by atoms with Gasteiger partial charge in [0, 0.05) is 50.3 Å². The van der Waals surface area contributed by atoms with Crippen molar-refractivity contribution >= 4 is 17.5 Å². The Hall–Kier alpha value is -3.46. The Morgan fingerprint density at radius 2 is 1.84 bits per heavy atom. The Labute approximate surface area is 180 Å². The number of aromatic nitrogens is 3. The van der Waals surface area contributed by atoms with E-state index in [2.05, 4.69) is 9.97 Å². The minimum absolute atomic E-state index is 0.125. The number of nitrogens with zero attached hydrogens (tertiary/aromatic N) is 5. The van der Waals surface area contributed by atoms with E-state index < -0.39 is 0 Å². The molecule has 1 amide bonds. The number of imidazole rings is 1. The fourth-order valence-corrected chi connectivity index (χ4v) is 3.64. The van der Waals surface area contributed by atoms with Crippen LogP contribution in [0, 0.1) is 0 Å². The maximum absolute atomic E-state index is 13.0. The van der Waals surface area contributed by atoms with Gasteiger partial charge in [0.15, 0.2) is 5.65 Å². The number of hydrogen-bond acceptors (Lipinski definition) is 7. The quantitative estimate of drug-likeness (QED) is 0.558. The van der Waals surface area contributed by atoms with Gasteiger partial charge in [-0.1, -0.05) is 0 Å². The van der Waals surface area contributed by atoms with Crippen molar-refractivity contribution in [2.24, 2.45) is 0 Å². The van der Waals surface area contributed by atoms with Crippen LogP contribution in [0.5, 0.6) is 5.75 Å². The Balaban J connectivity index is 1.49. The molecule has 4 rings (SSSR count). The van der Waals surface area contributed by atoms with Crippen molar-refractivity contribution in [3.63, 3.8) is 0 Å². The van der Waals surface area contributed by atoms with E-state index in [4.69, 9.17) is 9.47 Å². The second-order valence-corrected chi connectivity index (χ2v) is 7.23. The molecule has 1 aliphatic rings. The third kappa shape index (κ3) is 4.51. The fourth-order valence-electron chi connectivity index (χ4n) is 3.64. The second-order valence-electron chi connectivity index (χ2n) is 7.23. The van der Waals surface area contributed by atoms with E-state index in [1.165, 1.54) is 0 Å². The topological polar surface area (TPSA) is 89.3 Å². The van der Waals surface area contributed by atoms with Crippen LogP contribution in [0.25, 0.3) is 16.9 Å². The zero-order valence-electron chi connectivity index (χ0n) is 17.7. The van der Waals surface area contributed by atoms with Gasteiger partial charge >= 0.3 is 5.97 Å². The Kier molecular flexibility index (Phi) is 6.13. The third-order valence-electron chi connectivity index (χ3n) is 5.28. The highest BCUT2D eigenvalue weighted by Crippen LogP contribution is 2.24. The van der Waals surface area contributed by atoms with E-state index in [1.54, 1.807) is 37.5 Å². The molecule has 0 aliphatic carbocycles. The van der Waals surface area contributed by atoms with Crippen molar-refractivity contribution < 1.29 is 19.1 Å². The standard InChI is InChI=1S/C22H25N5O4/c1-3-31-19(28)15-25-10-12-26(13-11-25)22(29)18-14-27-9-8-23-20(21(27)24-18)16-4-6-17(30-2)7-5-16/h4-9,14H,3,10-13,15H2,1-2H3. The van der Waals surface area contributed by atoms with E-state index >= 15 is 0 Å². The van der Waals surface area contributed by atoms with Crippen LogP contribution in [0.4, 0.5) is 0 Å². The summed E-state index contributed by atoms with van der Waals surface area (Å²) in [6.45, 7) is 4.73. The van der Waals surface area contributed by atoms with Gasteiger partial charge in [0.2, 0.25) is 0 Å². The minimum atomic E-state index is -0.235. The van der Waals surface area contributed by atoms with Crippen LogP contribution in [-0.2, 0) is 9.53 Å². The summed E-state index contributed by atoms with van der Waals surface area (Å²) in [7, 11) is 1.62. The van der Waals surface area contributed by atoms with Crippen LogP contribution < -0.4 is 4.74 Å². The highest BCUT2D eigenvalue weighted by atomic mass is 16.5. The number of fused-ring (bicyclic) bond motifs is 1. The van der Waals surface area contributed by atoms with Crippen LogP contribution in [-0.4, -0.2) is 82.5 Å². The van der Waals surface area contributed by atoms with Gasteiger partial charge in [-0.25, -0.2) is 4.98 Å². The summed E-state index contributed by atoms with van der Waals surface area (Å²) < 4.78 is 12.0. The van der Waals surface area contributed by atoms with Crippen molar-refractivity contribution in [2.75, 3.05) is 46.4 Å². The van der Waals surface area contributed by atoms with E-state index in [0.29, 0.717) is 49.8 Å². The molecule has 1 saturated heterocycles. The highest BCUT2D eigenvalue weighted by Gasteiger charge is 2.25. The lowest BCUT2D eigenvalue weighted by Crippen LogP contribution is -2.50. The molecule has 2 aromatic heterocycles. The number of carbonyl (C=O) groups excluding carboxylic acids is 2. The molecule has 0 saturated carbocycles. The largest absolute Gasteiger partial charge is 0.497 e. The number of rotatable bonds is 6. The summed E-state index contributed by atoms with van der Waals surface area (Å²) in [5, 5.41) is 0. The predicted octanol–water partition coefficient (Wildman–Crippen LogP) is 1.73. The SMILES string of the molecule is CCOC(=O)CN1CCN(C(=O)c2cn3ccnc(-c4ccc(OC)cc4)c3n2)CC1. The monoisotopic (exact) mass is 423 g/mol. The van der Waals surface area contributed by atoms with Crippen molar-refractivity contribution in [1.82, 2.24) is 24.2 Å². The van der Waals surface area contributed by atoms with E-state index in [0.717, 1.165) is 11.3 Å². The first-order valence-corrected chi connectivity index (χ1v) is 10.2. The first-order valence-electron chi connectivity index (χ1n) is 10.2. The fraction of sp³-hybridized carbons (Fsp3) is 0.364. The number of benzene rings is 1. The van der Waals surface area contributed by atoms with Gasteiger partial charge in [-0.2, -0.15) is 0 Å². The summed E-state index contributed by atoms with van der Waals surface area (Å²) in [4.78, 5) is 37.5. The maximum Gasteiger partial charge on any atom is 0.320 e. The van der Waals surface area contributed by atoms with Gasteiger partial charge in [-0.15, -0.1) is 0 Å². The molecular weight excluding hydrogens is 398 g/mol. The zero-order valence-corrected chi connectivity index (χ0v) is 17.7. The second kappa shape index (κ2) is 9.13. The van der Waals surface area contributed by atoms with Crippen LogP contribution in [0.3, 0.4) is 0 Å². The van der Waals surface area contributed by atoms with E-state index in [1.807, 2.05) is 33.6 Å². The molecule has 1 aliphatic heterocycles. The van der Waals surface area contributed by atoms with E-state index in [-0.39, 0.29) is 18.4 Å². The Bertz CT molecular complexity index is 1070. The molecule has 162 valence electrons. The first-order chi connectivity index (χ1) is 15.1. The average molecular weight is 423 g/mol. The molecule has 0 spiro atoms. The van der Waals surface area contributed by atoms with Crippen molar-refractivity contribution in [3.8, 4) is 17.0 Å². The molecule has 3 aromatic rings. The third-order valence-corrected chi connectivity index (χ3v) is 5.28. The number of esters is 1. The molecule has 0 atom stereocenters. The number of piperazine rings is 1. The number of amides is 1. The maximum atomic E-state index is 13.0. The van der Waals surface area contributed by atoms with Crippen molar-refractivity contribution in [3.05, 3.63) is 48.5 Å².